The van der Waals surface area contributed by atoms with Gasteiger partial charge in [-0.15, -0.1) is 0 Å². The van der Waals surface area contributed by atoms with E-state index < -0.39 is 5.82 Å². The molecule has 2 aromatic carbocycles. The molecule has 0 bridgehead atoms. The second-order valence-corrected chi connectivity index (χ2v) is 4.69. The topological polar surface area (TPSA) is 48.7 Å². The molecule has 1 aromatic heterocycles. The second kappa shape index (κ2) is 5.59. The molecule has 0 spiro atoms. The molecule has 0 aliphatic rings. The number of para-hydroxylation sites is 1. The van der Waals surface area contributed by atoms with Crippen LogP contribution in [0.25, 0.3) is 10.9 Å². The zero-order chi connectivity index (χ0) is 14.7. The van der Waals surface area contributed by atoms with Crippen molar-refractivity contribution >= 4 is 16.6 Å². The van der Waals surface area contributed by atoms with Crippen LogP contribution in [-0.2, 0) is 6.54 Å². The van der Waals surface area contributed by atoms with E-state index in [0.717, 1.165) is 16.5 Å². The molecule has 0 fully saturated rings. The quantitative estimate of drug-likeness (QED) is 0.791. The molecule has 0 amide bonds. The van der Waals surface area contributed by atoms with Crippen molar-refractivity contribution in [2.75, 3.05) is 5.32 Å². The Balaban J connectivity index is 1.87. The highest BCUT2D eigenvalue weighted by Gasteiger charge is 2.03. The third-order valence-corrected chi connectivity index (χ3v) is 3.23. The predicted octanol–water partition coefficient (Wildman–Crippen LogP) is 3.86. The van der Waals surface area contributed by atoms with Gasteiger partial charge in [-0.1, -0.05) is 24.3 Å². The molecule has 1 N–H and O–H groups in total. The van der Waals surface area contributed by atoms with Crippen molar-refractivity contribution in [3.8, 4) is 6.07 Å². The summed E-state index contributed by atoms with van der Waals surface area (Å²) in [6.07, 6.45) is 1.75. The van der Waals surface area contributed by atoms with Crippen molar-refractivity contribution in [1.82, 2.24) is 4.98 Å². The number of halogens is 1. The Labute approximate surface area is 121 Å². The summed E-state index contributed by atoms with van der Waals surface area (Å²) in [5.41, 5.74) is 2.83. The summed E-state index contributed by atoms with van der Waals surface area (Å²) in [4.78, 5) is 4.38. The van der Waals surface area contributed by atoms with Crippen LogP contribution in [0.1, 0.15) is 11.1 Å². The van der Waals surface area contributed by atoms with Crippen LogP contribution in [0.2, 0.25) is 0 Å². The van der Waals surface area contributed by atoms with Gasteiger partial charge in [0.15, 0.2) is 0 Å². The Hall–Kier alpha value is -2.93. The van der Waals surface area contributed by atoms with E-state index in [4.69, 9.17) is 5.26 Å². The van der Waals surface area contributed by atoms with Crippen molar-refractivity contribution in [3.05, 3.63) is 71.7 Å². The van der Waals surface area contributed by atoms with Gasteiger partial charge in [0.1, 0.15) is 5.82 Å². The predicted molar refractivity (Wildman–Crippen MR) is 80.2 cm³/mol. The number of aromatic nitrogens is 1. The third-order valence-electron chi connectivity index (χ3n) is 3.23. The monoisotopic (exact) mass is 277 g/mol. The van der Waals surface area contributed by atoms with Crippen LogP contribution < -0.4 is 5.32 Å². The Morgan fingerprint density at radius 2 is 2.00 bits per heavy atom. The van der Waals surface area contributed by atoms with Gasteiger partial charge in [-0.3, -0.25) is 4.98 Å². The number of nitrogens with one attached hydrogen (secondary N) is 1. The molecule has 0 radical (unpaired) electrons. The smallest absolute Gasteiger partial charge is 0.126 e. The highest BCUT2D eigenvalue weighted by atomic mass is 19.1. The molecule has 3 aromatic rings. The summed E-state index contributed by atoms with van der Waals surface area (Å²) in [5.74, 6) is -0.424. The number of fused-ring (bicyclic) bond motifs is 1. The molecular formula is C17H12FN3. The number of anilines is 1. The molecule has 0 saturated carbocycles. The maximum Gasteiger partial charge on any atom is 0.126 e. The molecule has 0 aliphatic carbocycles. The van der Waals surface area contributed by atoms with E-state index in [0.29, 0.717) is 17.8 Å². The van der Waals surface area contributed by atoms with Gasteiger partial charge in [-0.2, -0.15) is 5.26 Å². The van der Waals surface area contributed by atoms with E-state index >= 15 is 0 Å². The van der Waals surface area contributed by atoms with Crippen LogP contribution >= 0.6 is 0 Å². The zero-order valence-electron chi connectivity index (χ0n) is 11.2. The van der Waals surface area contributed by atoms with Gasteiger partial charge in [-0.05, 0) is 29.8 Å². The minimum Gasteiger partial charge on any atom is -0.381 e. The lowest BCUT2D eigenvalue weighted by Gasteiger charge is -2.09. The van der Waals surface area contributed by atoms with E-state index in [-0.39, 0.29) is 0 Å². The highest BCUT2D eigenvalue weighted by Crippen LogP contribution is 2.19. The van der Waals surface area contributed by atoms with E-state index in [9.17, 15) is 4.39 Å². The van der Waals surface area contributed by atoms with Gasteiger partial charge in [0.2, 0.25) is 0 Å². The lowest BCUT2D eigenvalue weighted by Crippen LogP contribution is -2.01. The van der Waals surface area contributed by atoms with Gasteiger partial charge < -0.3 is 5.32 Å². The largest absolute Gasteiger partial charge is 0.381 e. The van der Waals surface area contributed by atoms with E-state index in [1.807, 2.05) is 36.4 Å². The average molecular weight is 277 g/mol. The van der Waals surface area contributed by atoms with Gasteiger partial charge in [0.05, 0.1) is 17.1 Å². The summed E-state index contributed by atoms with van der Waals surface area (Å²) in [6, 6.07) is 16.0. The van der Waals surface area contributed by atoms with Crippen molar-refractivity contribution in [3.63, 3.8) is 0 Å². The molecule has 0 saturated heterocycles. The SMILES string of the molecule is N#Cc1cc(F)cc(NCc2cccc3cccnc23)c1. The molecule has 0 unspecified atom stereocenters. The summed E-state index contributed by atoms with van der Waals surface area (Å²) < 4.78 is 13.4. The van der Waals surface area contributed by atoms with Crippen molar-refractivity contribution in [2.24, 2.45) is 0 Å². The summed E-state index contributed by atoms with van der Waals surface area (Å²) >= 11 is 0. The Kier molecular flexibility index (Phi) is 3.48. The number of benzene rings is 2. The second-order valence-electron chi connectivity index (χ2n) is 4.69. The van der Waals surface area contributed by atoms with E-state index in [2.05, 4.69) is 10.3 Å². The number of nitriles is 1. The van der Waals surface area contributed by atoms with Gasteiger partial charge in [0.25, 0.3) is 0 Å². The summed E-state index contributed by atoms with van der Waals surface area (Å²) in [7, 11) is 0. The highest BCUT2D eigenvalue weighted by molar-refractivity contribution is 5.81. The molecule has 0 atom stereocenters. The average Bonchev–Trinajstić information content (AvgIpc) is 2.52. The van der Waals surface area contributed by atoms with E-state index in [1.165, 1.54) is 12.1 Å². The molecule has 0 aliphatic heterocycles. The van der Waals surface area contributed by atoms with Crippen LogP contribution in [0.5, 0.6) is 0 Å². The lowest BCUT2D eigenvalue weighted by atomic mass is 10.1. The Morgan fingerprint density at radius 3 is 2.86 bits per heavy atom. The normalized spacial score (nSPS) is 10.3. The number of rotatable bonds is 3. The van der Waals surface area contributed by atoms with Crippen LogP contribution in [0, 0.1) is 17.1 Å². The van der Waals surface area contributed by atoms with Crippen molar-refractivity contribution in [2.45, 2.75) is 6.54 Å². The minimum absolute atomic E-state index is 0.300. The maximum atomic E-state index is 13.4. The van der Waals surface area contributed by atoms with Crippen LogP contribution in [-0.4, -0.2) is 4.98 Å². The molecule has 102 valence electrons. The fourth-order valence-electron chi connectivity index (χ4n) is 2.26. The molecule has 3 nitrogen and oxygen atoms in total. The first-order valence-corrected chi connectivity index (χ1v) is 6.53. The zero-order valence-corrected chi connectivity index (χ0v) is 11.2. The minimum atomic E-state index is -0.424. The number of nitrogens with zero attached hydrogens (tertiary/aromatic N) is 2. The van der Waals surface area contributed by atoms with Crippen molar-refractivity contribution in [1.29, 1.82) is 5.26 Å². The number of hydrogen-bond acceptors (Lipinski definition) is 3. The molecule has 21 heavy (non-hydrogen) atoms. The Morgan fingerprint density at radius 1 is 1.14 bits per heavy atom. The first-order valence-electron chi connectivity index (χ1n) is 6.53. The first kappa shape index (κ1) is 13.1. The Bertz CT molecular complexity index is 832. The molecule has 4 heteroatoms. The van der Waals surface area contributed by atoms with Crippen LogP contribution in [0.4, 0.5) is 10.1 Å². The number of hydrogen-bond donors (Lipinski definition) is 1. The van der Waals surface area contributed by atoms with E-state index in [1.54, 1.807) is 12.3 Å². The van der Waals surface area contributed by atoms with Gasteiger partial charge in [0, 0.05) is 23.8 Å². The number of pyridine rings is 1. The lowest BCUT2D eigenvalue weighted by molar-refractivity contribution is 0.627. The van der Waals surface area contributed by atoms with Gasteiger partial charge >= 0.3 is 0 Å². The van der Waals surface area contributed by atoms with Crippen molar-refractivity contribution < 1.29 is 4.39 Å². The summed E-state index contributed by atoms with van der Waals surface area (Å²) in [6.45, 7) is 0.517. The maximum absolute atomic E-state index is 13.4. The van der Waals surface area contributed by atoms with Crippen LogP contribution in [0.3, 0.4) is 0 Å². The van der Waals surface area contributed by atoms with Gasteiger partial charge in [-0.25, -0.2) is 4.39 Å². The fraction of sp³-hybridized carbons (Fsp3) is 0.0588. The molecule has 3 rings (SSSR count). The molecular weight excluding hydrogens is 265 g/mol. The van der Waals surface area contributed by atoms with Crippen LogP contribution in [0.15, 0.2) is 54.7 Å². The first-order chi connectivity index (χ1) is 10.3. The fourth-order valence-corrected chi connectivity index (χ4v) is 2.26. The third kappa shape index (κ3) is 2.82. The summed E-state index contributed by atoms with van der Waals surface area (Å²) in [5, 5.41) is 13.1. The standard InChI is InChI=1S/C17H12FN3/c18-15-7-12(10-19)8-16(9-15)21-11-14-4-1-3-13-5-2-6-20-17(13)14/h1-9,21H,11H2. The molecule has 1 heterocycles.